The van der Waals surface area contributed by atoms with Gasteiger partial charge in [0.2, 0.25) is 6.08 Å². The van der Waals surface area contributed by atoms with E-state index in [1.165, 1.54) is 25.7 Å². The number of hydrogen-bond donors (Lipinski definition) is 0. The van der Waals surface area contributed by atoms with Crippen LogP contribution in [0.15, 0.2) is 4.99 Å². The molecule has 0 saturated carbocycles. The first-order valence-corrected chi connectivity index (χ1v) is 8.87. The standard InChI is InChI=1S/C13H27NO4Si/c1-16-19(17-2,18-3)12-10-8-6-4-5-7-9-11-14-13-15/h4-12H2,1-3H3. The van der Waals surface area contributed by atoms with Crippen molar-refractivity contribution in [1.82, 2.24) is 0 Å². The number of aliphatic imine (C=N–C) groups is 1. The van der Waals surface area contributed by atoms with Crippen LogP contribution in [0.4, 0.5) is 0 Å². The molecule has 112 valence electrons. The second-order valence-electron chi connectivity index (χ2n) is 4.49. The van der Waals surface area contributed by atoms with Gasteiger partial charge >= 0.3 is 8.80 Å². The molecule has 0 radical (unpaired) electrons. The molecule has 0 rings (SSSR count). The van der Waals surface area contributed by atoms with Crippen molar-refractivity contribution in [2.45, 2.75) is 51.0 Å². The summed E-state index contributed by atoms with van der Waals surface area (Å²) >= 11 is 0. The van der Waals surface area contributed by atoms with E-state index in [2.05, 4.69) is 4.99 Å². The van der Waals surface area contributed by atoms with Crippen LogP contribution >= 0.6 is 0 Å². The van der Waals surface area contributed by atoms with Crippen LogP contribution in [-0.2, 0) is 18.1 Å². The Kier molecular flexibility index (Phi) is 12.2. The predicted octanol–water partition coefficient (Wildman–Crippen LogP) is 2.93. The van der Waals surface area contributed by atoms with Crippen molar-refractivity contribution in [3.05, 3.63) is 0 Å². The highest BCUT2D eigenvalue weighted by molar-refractivity contribution is 6.60. The molecule has 0 N–H and O–H groups in total. The molecule has 0 aliphatic carbocycles. The highest BCUT2D eigenvalue weighted by Crippen LogP contribution is 2.18. The van der Waals surface area contributed by atoms with Crippen LogP contribution in [0.3, 0.4) is 0 Å². The van der Waals surface area contributed by atoms with Crippen molar-refractivity contribution < 1.29 is 18.1 Å². The van der Waals surface area contributed by atoms with Gasteiger partial charge in [-0.1, -0.05) is 32.1 Å². The maximum atomic E-state index is 9.85. The first kappa shape index (κ1) is 18.5. The summed E-state index contributed by atoms with van der Waals surface area (Å²) in [6, 6.07) is 0.880. The first-order chi connectivity index (χ1) is 9.24. The molecular formula is C13H27NO4Si. The Morgan fingerprint density at radius 3 is 1.79 bits per heavy atom. The molecule has 0 aromatic carbocycles. The summed E-state index contributed by atoms with van der Waals surface area (Å²) in [4.78, 5) is 13.4. The molecule has 0 fully saturated rings. The summed E-state index contributed by atoms with van der Waals surface area (Å²) in [5.74, 6) is 0. The molecule has 0 aliphatic heterocycles. The predicted molar refractivity (Wildman–Crippen MR) is 76.9 cm³/mol. The van der Waals surface area contributed by atoms with Crippen LogP contribution in [0.2, 0.25) is 6.04 Å². The lowest BCUT2D eigenvalue weighted by Gasteiger charge is -2.24. The second kappa shape index (κ2) is 12.5. The quantitative estimate of drug-likeness (QED) is 0.226. The Balaban J connectivity index is 3.42. The highest BCUT2D eigenvalue weighted by atomic mass is 28.4. The third kappa shape index (κ3) is 9.08. The number of carbonyl (C=O) groups excluding carboxylic acids is 1. The largest absolute Gasteiger partial charge is 0.500 e. The molecule has 0 saturated heterocycles. The van der Waals surface area contributed by atoms with Crippen molar-refractivity contribution in [3.8, 4) is 0 Å². The first-order valence-electron chi connectivity index (χ1n) is 6.93. The van der Waals surface area contributed by atoms with E-state index in [1.807, 2.05) is 0 Å². The summed E-state index contributed by atoms with van der Waals surface area (Å²) in [5.41, 5.74) is 0. The molecular weight excluding hydrogens is 262 g/mol. The molecule has 0 bridgehead atoms. The van der Waals surface area contributed by atoms with Crippen molar-refractivity contribution in [1.29, 1.82) is 0 Å². The fourth-order valence-corrected chi connectivity index (χ4v) is 3.81. The van der Waals surface area contributed by atoms with Crippen molar-refractivity contribution in [2.75, 3.05) is 27.9 Å². The highest BCUT2D eigenvalue weighted by Gasteiger charge is 2.36. The third-order valence-corrected chi connectivity index (χ3v) is 6.08. The minimum Gasteiger partial charge on any atom is -0.377 e. The van der Waals surface area contributed by atoms with Crippen LogP contribution in [-0.4, -0.2) is 42.8 Å². The number of rotatable bonds is 13. The van der Waals surface area contributed by atoms with Gasteiger partial charge in [0.05, 0.1) is 6.54 Å². The average molecular weight is 289 g/mol. The molecule has 0 aliphatic rings. The molecule has 0 unspecified atom stereocenters. The summed E-state index contributed by atoms with van der Waals surface area (Å²) < 4.78 is 16.1. The van der Waals surface area contributed by atoms with Crippen LogP contribution in [0.1, 0.15) is 44.9 Å². The number of hydrogen-bond acceptors (Lipinski definition) is 5. The smallest absolute Gasteiger partial charge is 0.377 e. The van der Waals surface area contributed by atoms with Gasteiger partial charge < -0.3 is 13.3 Å². The number of nitrogens with zero attached hydrogens (tertiary/aromatic N) is 1. The molecule has 0 amide bonds. The van der Waals surface area contributed by atoms with Gasteiger partial charge in [-0.15, -0.1) is 0 Å². The van der Waals surface area contributed by atoms with Gasteiger partial charge in [-0.25, -0.2) is 9.79 Å². The maximum Gasteiger partial charge on any atom is 0.500 e. The van der Waals surface area contributed by atoms with E-state index >= 15 is 0 Å². The Hall–Kier alpha value is -0.523. The van der Waals surface area contributed by atoms with Crippen molar-refractivity contribution >= 4 is 14.9 Å². The van der Waals surface area contributed by atoms with Crippen molar-refractivity contribution in [2.24, 2.45) is 4.99 Å². The van der Waals surface area contributed by atoms with E-state index in [9.17, 15) is 4.79 Å². The minimum atomic E-state index is -2.36. The van der Waals surface area contributed by atoms with E-state index in [0.717, 1.165) is 25.3 Å². The molecule has 0 spiro atoms. The Morgan fingerprint density at radius 1 is 0.842 bits per heavy atom. The lowest BCUT2D eigenvalue weighted by Crippen LogP contribution is -2.42. The van der Waals surface area contributed by atoms with Crippen molar-refractivity contribution in [3.63, 3.8) is 0 Å². The van der Waals surface area contributed by atoms with E-state index < -0.39 is 8.80 Å². The zero-order valence-corrected chi connectivity index (χ0v) is 13.4. The third-order valence-electron chi connectivity index (χ3n) is 3.25. The molecule has 6 heteroatoms. The van der Waals surface area contributed by atoms with Gasteiger partial charge in [-0.2, -0.15) is 0 Å². The monoisotopic (exact) mass is 289 g/mol. The van der Waals surface area contributed by atoms with E-state index in [1.54, 1.807) is 27.4 Å². The van der Waals surface area contributed by atoms with Gasteiger partial charge in [0.15, 0.2) is 0 Å². The second-order valence-corrected chi connectivity index (χ2v) is 7.58. The molecule has 5 nitrogen and oxygen atoms in total. The van der Waals surface area contributed by atoms with E-state index in [4.69, 9.17) is 13.3 Å². The normalized spacial score (nSPS) is 11.3. The van der Waals surface area contributed by atoms with Gasteiger partial charge in [0, 0.05) is 27.4 Å². The Bertz CT molecular complexity index is 245. The SMILES string of the molecule is CO[Si](CCCCCCCCCN=C=O)(OC)OC. The van der Waals surface area contributed by atoms with Gasteiger partial charge in [0.1, 0.15) is 0 Å². The average Bonchev–Trinajstić information content (AvgIpc) is 2.46. The lowest BCUT2D eigenvalue weighted by atomic mass is 10.1. The van der Waals surface area contributed by atoms with Gasteiger partial charge in [0.25, 0.3) is 0 Å². The lowest BCUT2D eigenvalue weighted by molar-refractivity contribution is 0.122. The van der Waals surface area contributed by atoms with Crippen LogP contribution in [0.25, 0.3) is 0 Å². The summed E-state index contributed by atoms with van der Waals surface area (Å²) in [5, 5.41) is 0. The minimum absolute atomic E-state index is 0.618. The molecule has 0 aromatic rings. The van der Waals surface area contributed by atoms with Crippen LogP contribution < -0.4 is 0 Å². The molecule has 19 heavy (non-hydrogen) atoms. The van der Waals surface area contributed by atoms with E-state index in [-0.39, 0.29) is 0 Å². The van der Waals surface area contributed by atoms with Gasteiger partial charge in [-0.05, 0) is 12.8 Å². The molecule has 0 heterocycles. The number of unbranched alkanes of at least 4 members (excludes halogenated alkanes) is 6. The fraction of sp³-hybridized carbons (Fsp3) is 0.923. The zero-order chi connectivity index (χ0) is 14.4. The summed E-state index contributed by atoms with van der Waals surface area (Å²) in [6.07, 6.45) is 9.60. The number of isocyanates is 1. The van der Waals surface area contributed by atoms with Crippen LogP contribution in [0, 0.1) is 0 Å². The summed E-state index contributed by atoms with van der Waals surface area (Å²) in [7, 11) is 2.60. The topological polar surface area (TPSA) is 57.1 Å². The van der Waals surface area contributed by atoms with Crippen LogP contribution in [0.5, 0.6) is 0 Å². The molecule has 0 atom stereocenters. The molecule has 0 aromatic heterocycles. The van der Waals surface area contributed by atoms with E-state index in [0.29, 0.717) is 6.54 Å². The maximum absolute atomic E-state index is 9.85. The summed E-state index contributed by atoms with van der Waals surface area (Å²) in [6.45, 7) is 0.618. The Labute approximate surface area is 117 Å². The van der Waals surface area contributed by atoms with Gasteiger partial charge in [-0.3, -0.25) is 0 Å². The zero-order valence-electron chi connectivity index (χ0n) is 12.4. The Morgan fingerprint density at radius 2 is 1.32 bits per heavy atom. The fourth-order valence-electron chi connectivity index (χ4n) is 2.02.